The van der Waals surface area contributed by atoms with Crippen molar-refractivity contribution in [2.45, 2.75) is 33.2 Å². The molecule has 31 heavy (non-hydrogen) atoms. The normalized spacial score (nSPS) is 25.5. The molecular formula is C23H24N4O4. The average molecular weight is 420 g/mol. The van der Waals surface area contributed by atoms with Gasteiger partial charge in [-0.05, 0) is 52.7 Å². The zero-order valence-electron chi connectivity index (χ0n) is 17.6. The van der Waals surface area contributed by atoms with Crippen LogP contribution in [0.5, 0.6) is 0 Å². The Morgan fingerprint density at radius 3 is 2.10 bits per heavy atom. The third-order valence-electron chi connectivity index (χ3n) is 6.33. The first kappa shape index (κ1) is 20.7. The number of nitrogens with one attached hydrogen (secondary N) is 1. The molecule has 2 aromatic carbocycles. The van der Waals surface area contributed by atoms with E-state index in [1.54, 1.807) is 24.3 Å². The molecule has 1 aliphatic carbocycles. The molecule has 2 aromatic rings. The Bertz CT molecular complexity index is 1090. The topological polar surface area (TPSA) is 111 Å². The zero-order valence-corrected chi connectivity index (χ0v) is 17.6. The van der Waals surface area contributed by atoms with Gasteiger partial charge < -0.3 is 5.43 Å². The number of non-ortho nitro benzene ring substituents is 2. The summed E-state index contributed by atoms with van der Waals surface area (Å²) in [7, 11) is 0. The number of allylic oxidation sites excluding steroid dienone is 1. The molecule has 0 radical (unpaired) electrons. The van der Waals surface area contributed by atoms with Crippen LogP contribution in [0.15, 0.2) is 59.2 Å². The second-order valence-corrected chi connectivity index (χ2v) is 8.95. The third kappa shape index (κ3) is 3.81. The van der Waals surface area contributed by atoms with E-state index in [9.17, 15) is 20.2 Å². The van der Waals surface area contributed by atoms with E-state index in [4.69, 9.17) is 5.10 Å². The quantitative estimate of drug-likeness (QED) is 0.535. The van der Waals surface area contributed by atoms with E-state index in [1.807, 2.05) is 0 Å². The molecule has 0 aromatic heterocycles. The molecular weight excluding hydrogens is 396 g/mol. The Kier molecular flexibility index (Phi) is 5.08. The fourth-order valence-corrected chi connectivity index (χ4v) is 4.89. The van der Waals surface area contributed by atoms with Crippen molar-refractivity contribution in [1.29, 1.82) is 0 Å². The van der Waals surface area contributed by atoms with Gasteiger partial charge in [0.1, 0.15) is 0 Å². The molecule has 0 unspecified atom stereocenters. The van der Waals surface area contributed by atoms with Crippen LogP contribution >= 0.6 is 0 Å². The standard InChI is InChI=1S/C23H24N4O4/c1-14-13-23(2,3)19(12-15-4-8-17(9-5-15)26(28)29)22-20(14)21(24-25-22)16-6-10-18(11-7-16)27(30)31/h4-12,14,20-21,24H,13H2,1-3H3/b19-12-/t14-,20+,21+/m1/s1. The SMILES string of the molecule is C[C@@H]1CC(C)(C)/C(=C\c2ccc([N+](=O)[O-])cc2)C2=NN[C@@H](c3ccc([N+](=O)[O-])cc3)[C@@H]21. The number of hydrogen-bond donors (Lipinski definition) is 1. The average Bonchev–Trinajstić information content (AvgIpc) is 3.16. The Morgan fingerprint density at radius 2 is 1.55 bits per heavy atom. The summed E-state index contributed by atoms with van der Waals surface area (Å²) >= 11 is 0. The number of hydrazone groups is 1. The fraction of sp³-hybridized carbons (Fsp3) is 0.348. The highest BCUT2D eigenvalue weighted by atomic mass is 16.6. The number of nitrogens with zero attached hydrogens (tertiary/aromatic N) is 3. The number of fused-ring (bicyclic) bond motifs is 1. The van der Waals surface area contributed by atoms with Crippen LogP contribution in [0, 0.1) is 37.5 Å². The molecule has 0 spiro atoms. The maximum absolute atomic E-state index is 11.0. The van der Waals surface area contributed by atoms with Gasteiger partial charge in [-0.25, -0.2) is 0 Å². The summed E-state index contributed by atoms with van der Waals surface area (Å²) in [5.41, 5.74) is 7.25. The van der Waals surface area contributed by atoms with Crippen molar-refractivity contribution in [2.75, 3.05) is 0 Å². The predicted molar refractivity (Wildman–Crippen MR) is 119 cm³/mol. The molecule has 160 valence electrons. The van der Waals surface area contributed by atoms with E-state index in [0.29, 0.717) is 5.92 Å². The molecule has 0 amide bonds. The lowest BCUT2D eigenvalue weighted by Gasteiger charge is -2.42. The summed E-state index contributed by atoms with van der Waals surface area (Å²) in [6, 6.07) is 13.1. The molecule has 1 heterocycles. The van der Waals surface area contributed by atoms with Crippen LogP contribution in [0.25, 0.3) is 6.08 Å². The summed E-state index contributed by atoms with van der Waals surface area (Å²) in [5.74, 6) is 0.497. The zero-order chi connectivity index (χ0) is 22.3. The molecule has 8 nitrogen and oxygen atoms in total. The van der Waals surface area contributed by atoms with Crippen molar-refractivity contribution in [3.05, 3.63) is 85.5 Å². The van der Waals surface area contributed by atoms with Gasteiger partial charge in [0.15, 0.2) is 0 Å². The van der Waals surface area contributed by atoms with Crippen molar-refractivity contribution in [1.82, 2.24) is 5.43 Å². The van der Waals surface area contributed by atoms with Crippen molar-refractivity contribution < 1.29 is 9.85 Å². The lowest BCUT2D eigenvalue weighted by molar-refractivity contribution is -0.385. The fourth-order valence-electron chi connectivity index (χ4n) is 4.89. The van der Waals surface area contributed by atoms with E-state index in [-0.39, 0.29) is 28.7 Å². The third-order valence-corrected chi connectivity index (χ3v) is 6.33. The van der Waals surface area contributed by atoms with Gasteiger partial charge in [-0.15, -0.1) is 0 Å². The van der Waals surface area contributed by atoms with E-state index in [0.717, 1.165) is 28.8 Å². The van der Waals surface area contributed by atoms with Gasteiger partial charge in [0.05, 0.1) is 21.6 Å². The Balaban J connectivity index is 1.68. The molecule has 2 aliphatic rings. The van der Waals surface area contributed by atoms with E-state index in [2.05, 4.69) is 32.3 Å². The molecule has 1 fully saturated rings. The molecule has 1 aliphatic heterocycles. The molecule has 4 rings (SSSR count). The Hall–Kier alpha value is -3.55. The second kappa shape index (κ2) is 7.61. The molecule has 3 atom stereocenters. The largest absolute Gasteiger partial charge is 0.302 e. The van der Waals surface area contributed by atoms with Crippen LogP contribution in [0.3, 0.4) is 0 Å². The van der Waals surface area contributed by atoms with Crippen LogP contribution < -0.4 is 5.43 Å². The van der Waals surface area contributed by atoms with Crippen LogP contribution in [0.4, 0.5) is 11.4 Å². The Labute approximate surface area is 180 Å². The lowest BCUT2D eigenvalue weighted by Crippen LogP contribution is -2.39. The Morgan fingerprint density at radius 1 is 1.00 bits per heavy atom. The minimum absolute atomic E-state index is 0.0536. The predicted octanol–water partition coefficient (Wildman–Crippen LogP) is 5.27. The maximum Gasteiger partial charge on any atom is 0.269 e. The minimum atomic E-state index is -0.404. The molecule has 1 saturated carbocycles. The molecule has 0 bridgehead atoms. The smallest absolute Gasteiger partial charge is 0.269 e. The number of hydrogen-bond acceptors (Lipinski definition) is 6. The van der Waals surface area contributed by atoms with E-state index in [1.165, 1.54) is 24.3 Å². The lowest BCUT2D eigenvalue weighted by atomic mass is 9.61. The molecule has 8 heteroatoms. The number of nitro benzene ring substituents is 2. The van der Waals surface area contributed by atoms with Gasteiger partial charge in [0.25, 0.3) is 11.4 Å². The van der Waals surface area contributed by atoms with Crippen LogP contribution in [-0.4, -0.2) is 15.6 Å². The van der Waals surface area contributed by atoms with Gasteiger partial charge in [-0.2, -0.15) is 5.10 Å². The summed E-state index contributed by atoms with van der Waals surface area (Å²) < 4.78 is 0. The minimum Gasteiger partial charge on any atom is -0.302 e. The van der Waals surface area contributed by atoms with Gasteiger partial charge in [-0.3, -0.25) is 20.2 Å². The summed E-state index contributed by atoms with van der Waals surface area (Å²) in [4.78, 5) is 21.1. The number of rotatable bonds is 4. The van der Waals surface area contributed by atoms with Crippen LogP contribution in [-0.2, 0) is 0 Å². The van der Waals surface area contributed by atoms with Crippen molar-refractivity contribution >= 4 is 23.2 Å². The monoisotopic (exact) mass is 420 g/mol. The first-order chi connectivity index (χ1) is 14.7. The summed E-state index contributed by atoms with van der Waals surface area (Å²) in [6.07, 6.45) is 3.03. The van der Waals surface area contributed by atoms with Crippen LogP contribution in [0.2, 0.25) is 0 Å². The molecule has 1 N–H and O–H groups in total. The maximum atomic E-state index is 11.0. The first-order valence-electron chi connectivity index (χ1n) is 10.2. The van der Waals surface area contributed by atoms with Crippen molar-refractivity contribution in [3.8, 4) is 0 Å². The second-order valence-electron chi connectivity index (χ2n) is 8.95. The highest BCUT2D eigenvalue weighted by Crippen LogP contribution is 2.50. The summed E-state index contributed by atoms with van der Waals surface area (Å²) in [5, 5.41) is 26.6. The van der Waals surface area contributed by atoms with Gasteiger partial charge in [0.2, 0.25) is 0 Å². The first-order valence-corrected chi connectivity index (χ1v) is 10.2. The van der Waals surface area contributed by atoms with E-state index >= 15 is 0 Å². The highest BCUT2D eigenvalue weighted by molar-refractivity contribution is 6.08. The van der Waals surface area contributed by atoms with Crippen LogP contribution in [0.1, 0.15) is 44.4 Å². The van der Waals surface area contributed by atoms with Crippen molar-refractivity contribution in [3.63, 3.8) is 0 Å². The molecule has 0 saturated heterocycles. The van der Waals surface area contributed by atoms with Gasteiger partial charge in [-0.1, -0.05) is 32.9 Å². The number of nitro groups is 2. The number of benzene rings is 2. The van der Waals surface area contributed by atoms with Crippen molar-refractivity contribution in [2.24, 2.45) is 22.4 Å². The van der Waals surface area contributed by atoms with Gasteiger partial charge in [0, 0.05) is 30.2 Å². The van der Waals surface area contributed by atoms with E-state index < -0.39 is 9.85 Å². The highest BCUT2D eigenvalue weighted by Gasteiger charge is 2.47. The van der Waals surface area contributed by atoms with Gasteiger partial charge >= 0.3 is 0 Å². The summed E-state index contributed by atoms with van der Waals surface area (Å²) in [6.45, 7) is 6.60.